The van der Waals surface area contributed by atoms with Gasteiger partial charge in [0, 0.05) is 12.2 Å². The van der Waals surface area contributed by atoms with Crippen molar-refractivity contribution in [3.8, 4) is 5.75 Å². The monoisotopic (exact) mass is 245 g/mol. The van der Waals surface area contributed by atoms with Crippen molar-refractivity contribution in [2.75, 3.05) is 11.9 Å². The van der Waals surface area contributed by atoms with Crippen molar-refractivity contribution >= 4 is 5.69 Å². The quantitative estimate of drug-likeness (QED) is 0.850. The Morgan fingerprint density at radius 1 is 1.28 bits per heavy atom. The maximum atomic E-state index is 6.29. The van der Waals surface area contributed by atoms with Crippen LogP contribution in [0.15, 0.2) is 18.2 Å². The first-order valence-corrected chi connectivity index (χ1v) is 7.20. The van der Waals surface area contributed by atoms with Crippen LogP contribution in [-0.2, 0) is 6.42 Å². The molecule has 0 bridgehead atoms. The Balaban J connectivity index is 1.72. The lowest BCUT2D eigenvalue weighted by atomic mass is 9.80. The van der Waals surface area contributed by atoms with Gasteiger partial charge in [0.25, 0.3) is 0 Å². The van der Waals surface area contributed by atoms with Gasteiger partial charge >= 0.3 is 0 Å². The lowest BCUT2D eigenvalue weighted by Gasteiger charge is -2.36. The molecule has 0 spiro atoms. The van der Waals surface area contributed by atoms with Crippen LogP contribution in [-0.4, -0.2) is 12.1 Å². The van der Waals surface area contributed by atoms with Crippen LogP contribution < -0.4 is 10.1 Å². The fourth-order valence-corrected chi connectivity index (χ4v) is 3.10. The number of nitrogens with one attached hydrogen (secondary N) is 1. The van der Waals surface area contributed by atoms with Gasteiger partial charge in [-0.1, -0.05) is 6.92 Å². The molecule has 2 aliphatic rings. The SMILES string of the molecule is CC1CCC(C)(Oc2ccc3c(c2)CCN3)CC1. The van der Waals surface area contributed by atoms with E-state index in [-0.39, 0.29) is 5.60 Å². The molecule has 0 saturated heterocycles. The molecule has 98 valence electrons. The van der Waals surface area contributed by atoms with Gasteiger partial charge in [0.05, 0.1) is 0 Å². The summed E-state index contributed by atoms with van der Waals surface area (Å²) < 4.78 is 6.29. The lowest BCUT2D eigenvalue weighted by molar-refractivity contribution is 0.0353. The molecule has 1 fully saturated rings. The van der Waals surface area contributed by atoms with Crippen LogP contribution >= 0.6 is 0 Å². The summed E-state index contributed by atoms with van der Waals surface area (Å²) in [6, 6.07) is 6.49. The molecule has 0 radical (unpaired) electrons. The maximum absolute atomic E-state index is 6.29. The second-order valence-corrected chi connectivity index (χ2v) is 6.23. The Morgan fingerprint density at radius 2 is 2.06 bits per heavy atom. The summed E-state index contributed by atoms with van der Waals surface area (Å²) in [5.74, 6) is 1.92. The smallest absolute Gasteiger partial charge is 0.120 e. The molecule has 0 aromatic heterocycles. The average molecular weight is 245 g/mol. The summed E-state index contributed by atoms with van der Waals surface area (Å²) in [5, 5.41) is 3.39. The minimum Gasteiger partial charge on any atom is -0.488 e. The van der Waals surface area contributed by atoms with Crippen LogP contribution in [0.2, 0.25) is 0 Å². The summed E-state index contributed by atoms with van der Waals surface area (Å²) in [7, 11) is 0. The average Bonchev–Trinajstić information content (AvgIpc) is 2.81. The highest BCUT2D eigenvalue weighted by atomic mass is 16.5. The van der Waals surface area contributed by atoms with E-state index in [1.54, 1.807) is 0 Å². The lowest BCUT2D eigenvalue weighted by Crippen LogP contribution is -2.36. The van der Waals surface area contributed by atoms with Gasteiger partial charge in [-0.2, -0.15) is 0 Å². The minimum absolute atomic E-state index is 0.0484. The molecule has 1 aromatic carbocycles. The number of rotatable bonds is 2. The zero-order chi connectivity index (χ0) is 12.6. The molecule has 0 atom stereocenters. The second-order valence-electron chi connectivity index (χ2n) is 6.23. The number of ether oxygens (including phenoxy) is 1. The van der Waals surface area contributed by atoms with Gasteiger partial charge in [0.1, 0.15) is 11.4 Å². The van der Waals surface area contributed by atoms with Gasteiger partial charge < -0.3 is 10.1 Å². The fourth-order valence-electron chi connectivity index (χ4n) is 3.10. The molecular formula is C16H23NO. The van der Waals surface area contributed by atoms with E-state index in [1.807, 2.05) is 0 Å². The van der Waals surface area contributed by atoms with Crippen LogP contribution in [0.4, 0.5) is 5.69 Å². The number of hydrogen-bond acceptors (Lipinski definition) is 2. The van der Waals surface area contributed by atoms with Gasteiger partial charge in [-0.25, -0.2) is 0 Å². The van der Waals surface area contributed by atoms with Gasteiger partial charge in [-0.3, -0.25) is 0 Å². The van der Waals surface area contributed by atoms with Crippen LogP contribution in [0.1, 0.15) is 45.1 Å². The van der Waals surface area contributed by atoms with Gasteiger partial charge in [0.15, 0.2) is 0 Å². The molecule has 1 N–H and O–H groups in total. The van der Waals surface area contributed by atoms with Crippen molar-refractivity contribution in [1.82, 2.24) is 0 Å². The normalized spacial score (nSPS) is 30.7. The third-order valence-corrected chi connectivity index (χ3v) is 4.48. The van der Waals surface area contributed by atoms with E-state index < -0.39 is 0 Å². The Bertz CT molecular complexity index is 433. The van der Waals surface area contributed by atoms with Gasteiger partial charge in [-0.15, -0.1) is 0 Å². The molecule has 0 amide bonds. The van der Waals surface area contributed by atoms with Crippen molar-refractivity contribution in [2.45, 2.75) is 51.6 Å². The van der Waals surface area contributed by atoms with Crippen LogP contribution in [0, 0.1) is 5.92 Å². The number of anilines is 1. The zero-order valence-electron chi connectivity index (χ0n) is 11.5. The predicted molar refractivity (Wildman–Crippen MR) is 75.3 cm³/mol. The van der Waals surface area contributed by atoms with Crippen LogP contribution in [0.3, 0.4) is 0 Å². The topological polar surface area (TPSA) is 21.3 Å². The van der Waals surface area contributed by atoms with E-state index in [0.717, 1.165) is 24.6 Å². The predicted octanol–water partition coefficient (Wildman–Crippen LogP) is 4.00. The third-order valence-electron chi connectivity index (χ3n) is 4.48. The highest BCUT2D eigenvalue weighted by molar-refractivity contribution is 5.57. The molecule has 1 aromatic rings. The summed E-state index contributed by atoms with van der Waals surface area (Å²) in [4.78, 5) is 0. The molecule has 2 nitrogen and oxygen atoms in total. The maximum Gasteiger partial charge on any atom is 0.120 e. The first-order chi connectivity index (χ1) is 8.65. The van der Waals surface area contributed by atoms with E-state index in [4.69, 9.17) is 4.74 Å². The van der Waals surface area contributed by atoms with Crippen molar-refractivity contribution in [3.05, 3.63) is 23.8 Å². The number of fused-ring (bicyclic) bond motifs is 1. The standard InChI is InChI=1S/C16H23NO/c1-12-5-8-16(2,9-6-12)18-14-3-4-15-13(11-14)7-10-17-15/h3-4,11-12,17H,5-10H2,1-2H3. The van der Waals surface area contributed by atoms with Gasteiger partial charge in [-0.05, 0) is 68.7 Å². The van der Waals surface area contributed by atoms with E-state index in [1.165, 1.54) is 36.9 Å². The molecule has 1 saturated carbocycles. The summed E-state index contributed by atoms with van der Waals surface area (Å²) >= 11 is 0. The van der Waals surface area contributed by atoms with E-state index in [0.29, 0.717) is 0 Å². The molecule has 18 heavy (non-hydrogen) atoms. The van der Waals surface area contributed by atoms with E-state index in [9.17, 15) is 0 Å². The minimum atomic E-state index is 0.0484. The van der Waals surface area contributed by atoms with Crippen molar-refractivity contribution in [2.24, 2.45) is 5.92 Å². The van der Waals surface area contributed by atoms with Crippen molar-refractivity contribution < 1.29 is 4.74 Å². The van der Waals surface area contributed by atoms with Crippen LogP contribution in [0.5, 0.6) is 5.75 Å². The Labute approximate surface area is 110 Å². The highest BCUT2D eigenvalue weighted by Gasteiger charge is 2.31. The molecule has 1 aliphatic carbocycles. The van der Waals surface area contributed by atoms with E-state index in [2.05, 4.69) is 37.4 Å². The van der Waals surface area contributed by atoms with Crippen LogP contribution in [0.25, 0.3) is 0 Å². The van der Waals surface area contributed by atoms with E-state index >= 15 is 0 Å². The molecular weight excluding hydrogens is 222 g/mol. The fraction of sp³-hybridized carbons (Fsp3) is 0.625. The largest absolute Gasteiger partial charge is 0.488 e. The molecule has 1 aliphatic heterocycles. The molecule has 1 heterocycles. The highest BCUT2D eigenvalue weighted by Crippen LogP contribution is 2.36. The first-order valence-electron chi connectivity index (χ1n) is 7.20. The third kappa shape index (κ3) is 2.33. The number of hydrogen-bond donors (Lipinski definition) is 1. The van der Waals surface area contributed by atoms with Crippen molar-refractivity contribution in [3.63, 3.8) is 0 Å². The summed E-state index contributed by atoms with van der Waals surface area (Å²) in [5.41, 5.74) is 2.73. The Kier molecular flexibility index (Phi) is 2.96. The second kappa shape index (κ2) is 4.49. The first kappa shape index (κ1) is 11.9. The Hall–Kier alpha value is -1.18. The Morgan fingerprint density at radius 3 is 2.83 bits per heavy atom. The van der Waals surface area contributed by atoms with Gasteiger partial charge in [0.2, 0.25) is 0 Å². The molecule has 3 rings (SSSR count). The molecule has 2 heteroatoms. The zero-order valence-corrected chi connectivity index (χ0v) is 11.5. The molecule has 0 unspecified atom stereocenters. The summed E-state index contributed by atoms with van der Waals surface area (Å²) in [6.07, 6.45) is 6.08. The van der Waals surface area contributed by atoms with Crippen molar-refractivity contribution in [1.29, 1.82) is 0 Å². The summed E-state index contributed by atoms with van der Waals surface area (Å²) in [6.45, 7) is 5.68. The number of benzene rings is 1.